The van der Waals surface area contributed by atoms with E-state index in [1.165, 1.54) is 36.7 Å². The highest BCUT2D eigenvalue weighted by atomic mass is 16.3. The first-order valence-electron chi connectivity index (χ1n) is 16.3. The Balaban J connectivity index is 1.31. The van der Waals surface area contributed by atoms with Gasteiger partial charge in [0.1, 0.15) is 23.9 Å². The Morgan fingerprint density at radius 1 is 1.06 bits per heavy atom. The molecule has 2 aliphatic rings. The van der Waals surface area contributed by atoms with E-state index in [1.807, 2.05) is 13.1 Å². The lowest BCUT2D eigenvalue weighted by Crippen LogP contribution is -2.51. The molecule has 2 aromatic heterocycles. The lowest BCUT2D eigenvalue weighted by atomic mass is 9.65. The van der Waals surface area contributed by atoms with Gasteiger partial charge in [-0.1, -0.05) is 38.0 Å². The fourth-order valence-electron chi connectivity index (χ4n) is 7.50. The highest BCUT2D eigenvalue weighted by Gasteiger charge is 2.41. The summed E-state index contributed by atoms with van der Waals surface area (Å²) in [5.41, 5.74) is 0.393. The van der Waals surface area contributed by atoms with Crippen LogP contribution in [0.2, 0.25) is 0 Å². The molecule has 2 heterocycles. The molecule has 12 nitrogen and oxygen atoms in total. The van der Waals surface area contributed by atoms with Gasteiger partial charge in [-0.25, -0.2) is 0 Å². The van der Waals surface area contributed by atoms with Gasteiger partial charge in [-0.2, -0.15) is 0 Å². The van der Waals surface area contributed by atoms with Gasteiger partial charge >= 0.3 is 0 Å². The number of aromatic nitrogens is 1. The Morgan fingerprint density at radius 2 is 1.83 bits per heavy atom. The predicted octanol–water partition coefficient (Wildman–Crippen LogP) is 3.41. The third-order valence-corrected chi connectivity index (χ3v) is 9.83. The van der Waals surface area contributed by atoms with Crippen LogP contribution in [0.4, 0.5) is 5.69 Å². The van der Waals surface area contributed by atoms with Crippen molar-refractivity contribution < 1.29 is 28.4 Å². The third-order valence-electron chi connectivity index (χ3n) is 9.83. The first-order chi connectivity index (χ1) is 22.5. The van der Waals surface area contributed by atoms with Gasteiger partial charge in [0.2, 0.25) is 17.6 Å². The van der Waals surface area contributed by atoms with Crippen LogP contribution in [0.5, 0.6) is 0 Å². The molecular weight excluding hydrogens is 602 g/mol. The standard InChI is InChI=1S/C35H43N5O7/c1-20-17-22-9-7-10-23(18-22)30(20)39(4)29(42)19-40-16-8-12-26(35(40)46)38-32(43)25(14-15-27(41)33(44)36-3)37-34(45)31-21(2)24-11-5-6-13-28(24)47-31/h5-6,8,11-13,16,20,22-23,25,30H,7,9-10,14-15,17-19H2,1-4H3,(H,36,44)(H,37,45)(H,38,43)/t20?,22?,23?,25-,30?/m0/s1. The van der Waals surface area contributed by atoms with Gasteiger partial charge in [0.15, 0.2) is 5.76 Å². The molecule has 5 atom stereocenters. The van der Waals surface area contributed by atoms with Crippen molar-refractivity contribution in [3.05, 3.63) is 64.3 Å². The monoisotopic (exact) mass is 645 g/mol. The molecular formula is C35H43N5O7. The van der Waals surface area contributed by atoms with Crippen LogP contribution in [-0.2, 0) is 25.7 Å². The number of nitrogens with one attached hydrogen (secondary N) is 3. The Labute approximate surface area is 273 Å². The van der Waals surface area contributed by atoms with Gasteiger partial charge in [-0.15, -0.1) is 0 Å². The van der Waals surface area contributed by atoms with Gasteiger partial charge < -0.3 is 29.8 Å². The fraction of sp³-hybridized carbons (Fsp3) is 0.486. The highest BCUT2D eigenvalue weighted by molar-refractivity contribution is 6.36. The van der Waals surface area contributed by atoms with Gasteiger partial charge in [-0.05, 0) is 68.6 Å². The summed E-state index contributed by atoms with van der Waals surface area (Å²) in [4.78, 5) is 79.6. The molecule has 47 heavy (non-hydrogen) atoms. The molecule has 2 fully saturated rings. The lowest BCUT2D eigenvalue weighted by Gasteiger charge is -2.48. The number of likely N-dealkylation sites (N-methyl/N-ethyl adjacent to an activating group) is 2. The summed E-state index contributed by atoms with van der Waals surface area (Å²) >= 11 is 0. The normalized spacial score (nSPS) is 21.0. The van der Waals surface area contributed by atoms with E-state index in [0.29, 0.717) is 23.0 Å². The molecule has 4 unspecified atom stereocenters. The molecule has 3 aromatic rings. The van der Waals surface area contributed by atoms with E-state index in [4.69, 9.17) is 4.42 Å². The molecule has 2 bridgehead atoms. The molecule has 0 spiro atoms. The summed E-state index contributed by atoms with van der Waals surface area (Å²) in [6.07, 6.45) is 6.73. The van der Waals surface area contributed by atoms with Gasteiger partial charge in [0.25, 0.3) is 17.4 Å². The predicted molar refractivity (Wildman–Crippen MR) is 176 cm³/mol. The molecule has 4 amide bonds. The number of hydrogen-bond donors (Lipinski definition) is 3. The van der Waals surface area contributed by atoms with E-state index >= 15 is 0 Å². The van der Waals surface area contributed by atoms with Crippen molar-refractivity contribution in [2.24, 2.45) is 17.8 Å². The van der Waals surface area contributed by atoms with Crippen molar-refractivity contribution in [2.45, 2.75) is 77.4 Å². The fourth-order valence-corrected chi connectivity index (χ4v) is 7.50. The lowest BCUT2D eigenvalue weighted by molar-refractivity contribution is -0.137. The molecule has 2 aliphatic carbocycles. The number of furan rings is 1. The van der Waals surface area contributed by atoms with Gasteiger partial charge in [-0.3, -0.25) is 28.8 Å². The van der Waals surface area contributed by atoms with E-state index < -0.39 is 35.1 Å². The van der Waals surface area contributed by atoms with Crippen molar-refractivity contribution in [1.82, 2.24) is 20.1 Å². The number of anilines is 1. The van der Waals surface area contributed by atoms with Crippen LogP contribution in [0.15, 0.2) is 51.8 Å². The third kappa shape index (κ3) is 7.31. The van der Waals surface area contributed by atoms with E-state index in [2.05, 4.69) is 22.9 Å². The summed E-state index contributed by atoms with van der Waals surface area (Å²) in [5, 5.41) is 8.16. The number of benzene rings is 1. The summed E-state index contributed by atoms with van der Waals surface area (Å²) in [7, 11) is 3.13. The minimum Gasteiger partial charge on any atom is -0.451 e. The number of fused-ring (bicyclic) bond motifs is 3. The number of amides is 4. The summed E-state index contributed by atoms with van der Waals surface area (Å²) in [5.74, 6) is -1.66. The van der Waals surface area contributed by atoms with Crippen LogP contribution >= 0.6 is 0 Å². The van der Waals surface area contributed by atoms with Crippen LogP contribution in [0, 0.1) is 24.7 Å². The molecule has 12 heteroatoms. The van der Waals surface area contributed by atoms with Gasteiger partial charge in [0.05, 0.1) is 0 Å². The number of hydrogen-bond acceptors (Lipinski definition) is 7. The number of aryl methyl sites for hydroxylation is 1. The summed E-state index contributed by atoms with van der Waals surface area (Å²) < 4.78 is 7.00. The molecule has 5 rings (SSSR count). The first-order valence-corrected chi connectivity index (χ1v) is 16.3. The van der Waals surface area contributed by atoms with Crippen molar-refractivity contribution in [3.8, 4) is 0 Å². The average molecular weight is 646 g/mol. The van der Waals surface area contributed by atoms with Crippen LogP contribution in [0.1, 0.15) is 68.0 Å². The van der Waals surface area contributed by atoms with Crippen molar-refractivity contribution >= 4 is 46.1 Å². The second kappa shape index (κ2) is 14.4. The summed E-state index contributed by atoms with van der Waals surface area (Å²) in [6, 6.07) is 8.90. The number of Topliss-reactive ketones (excluding diaryl/α,β-unsaturated/α-hetero) is 1. The number of carbonyl (C=O) groups excluding carboxylic acids is 5. The van der Waals surface area contributed by atoms with Crippen molar-refractivity contribution in [2.75, 3.05) is 19.4 Å². The Morgan fingerprint density at radius 3 is 2.57 bits per heavy atom. The largest absolute Gasteiger partial charge is 0.451 e. The smallest absolute Gasteiger partial charge is 0.287 e. The van der Waals surface area contributed by atoms with Crippen molar-refractivity contribution in [1.29, 1.82) is 0 Å². The number of para-hydroxylation sites is 1. The van der Waals surface area contributed by atoms with Crippen LogP contribution in [0.3, 0.4) is 0 Å². The minimum absolute atomic E-state index is 0.00218. The van der Waals surface area contributed by atoms with Gasteiger partial charge in [0, 0.05) is 43.7 Å². The van der Waals surface area contributed by atoms with E-state index in [-0.39, 0.29) is 42.8 Å². The Hall–Kier alpha value is -4.74. The molecule has 250 valence electrons. The second-order valence-corrected chi connectivity index (χ2v) is 13.0. The van der Waals surface area contributed by atoms with Crippen LogP contribution in [-0.4, -0.2) is 65.1 Å². The average Bonchev–Trinajstić information content (AvgIpc) is 3.40. The van der Waals surface area contributed by atoms with E-state index in [9.17, 15) is 28.8 Å². The number of nitrogens with zero attached hydrogens (tertiary/aromatic N) is 2. The maximum absolute atomic E-state index is 13.5. The van der Waals surface area contributed by atoms with E-state index in [0.717, 1.165) is 30.6 Å². The number of ketones is 1. The molecule has 2 saturated carbocycles. The number of pyridine rings is 1. The van der Waals surface area contributed by atoms with Crippen LogP contribution < -0.4 is 21.5 Å². The zero-order valence-corrected chi connectivity index (χ0v) is 27.3. The number of rotatable bonds is 11. The Kier molecular flexibility index (Phi) is 10.3. The highest BCUT2D eigenvalue weighted by Crippen LogP contribution is 2.44. The molecule has 0 radical (unpaired) electrons. The minimum atomic E-state index is -1.29. The Bertz CT molecular complexity index is 1740. The molecule has 0 aliphatic heterocycles. The quantitative estimate of drug-likeness (QED) is 0.270. The zero-order valence-electron chi connectivity index (χ0n) is 27.3. The SMILES string of the molecule is CNC(=O)C(=O)CC[C@H](NC(=O)c1oc2ccccc2c1C)C(=O)Nc1cccn(CC(=O)N(C)C2C(C)CC3CCCC2C3)c1=O. The number of carbonyl (C=O) groups is 5. The zero-order chi connectivity index (χ0) is 33.8. The van der Waals surface area contributed by atoms with E-state index in [1.54, 1.807) is 36.1 Å². The molecule has 1 aromatic carbocycles. The topological polar surface area (TPSA) is 160 Å². The second-order valence-electron chi connectivity index (χ2n) is 13.0. The first kappa shape index (κ1) is 33.6. The maximum Gasteiger partial charge on any atom is 0.287 e. The van der Waals surface area contributed by atoms with Crippen molar-refractivity contribution in [3.63, 3.8) is 0 Å². The summed E-state index contributed by atoms with van der Waals surface area (Å²) in [6.45, 7) is 3.73. The van der Waals surface area contributed by atoms with Crippen LogP contribution in [0.25, 0.3) is 11.0 Å². The molecule has 0 saturated heterocycles. The maximum atomic E-state index is 13.5. The molecule has 3 N–H and O–H groups in total.